The van der Waals surface area contributed by atoms with Crippen molar-refractivity contribution in [3.8, 4) is 17.1 Å². The second-order valence-corrected chi connectivity index (χ2v) is 8.04. The highest BCUT2D eigenvalue weighted by Crippen LogP contribution is 2.30. The molecule has 4 aromatic rings. The van der Waals surface area contributed by atoms with E-state index in [9.17, 15) is 4.79 Å². The predicted octanol–water partition coefficient (Wildman–Crippen LogP) is 4.98. The lowest BCUT2D eigenvalue weighted by molar-refractivity contribution is 0.964. The molecule has 0 saturated heterocycles. The van der Waals surface area contributed by atoms with E-state index < -0.39 is 0 Å². The van der Waals surface area contributed by atoms with Gasteiger partial charge in [-0.2, -0.15) is 0 Å². The van der Waals surface area contributed by atoms with Crippen molar-refractivity contribution in [2.75, 3.05) is 0 Å². The van der Waals surface area contributed by atoms with Crippen LogP contribution in [-0.4, -0.2) is 14.5 Å². The van der Waals surface area contributed by atoms with Crippen molar-refractivity contribution in [2.24, 2.45) is 0 Å². The molecule has 0 unspecified atom stereocenters. The number of nitrogens with one attached hydrogen (secondary N) is 1. The second kappa shape index (κ2) is 5.95. The summed E-state index contributed by atoms with van der Waals surface area (Å²) in [5.74, 6) is 0.634. The van der Waals surface area contributed by atoms with Gasteiger partial charge in [-0.05, 0) is 58.4 Å². The summed E-state index contributed by atoms with van der Waals surface area (Å²) in [5.41, 5.74) is 6.45. The van der Waals surface area contributed by atoms with Gasteiger partial charge in [0.05, 0.1) is 5.39 Å². The molecule has 3 heterocycles. The van der Waals surface area contributed by atoms with Crippen LogP contribution in [0.25, 0.3) is 27.3 Å². The standard InChI is InChI=1S/C21H21N3OS/c1-11-6-8-16(9-7-11)24-12(2)10-17(14(24)4)19-22-20(25)18-13(3)15(5)26-21(18)23-19/h6-10H,1-5H3,(H,22,23,25). The zero-order valence-corrected chi connectivity index (χ0v) is 16.4. The maximum absolute atomic E-state index is 12.6. The molecule has 3 aromatic heterocycles. The first kappa shape index (κ1) is 16.8. The number of hydrogen-bond donors (Lipinski definition) is 1. The Morgan fingerprint density at radius 3 is 2.42 bits per heavy atom. The molecular weight excluding hydrogens is 342 g/mol. The van der Waals surface area contributed by atoms with Gasteiger partial charge in [0, 0.05) is 27.5 Å². The highest BCUT2D eigenvalue weighted by molar-refractivity contribution is 7.18. The molecule has 0 spiro atoms. The highest BCUT2D eigenvalue weighted by Gasteiger charge is 2.17. The molecule has 0 bridgehead atoms. The van der Waals surface area contributed by atoms with Crippen molar-refractivity contribution in [3.63, 3.8) is 0 Å². The molecule has 0 radical (unpaired) electrons. The summed E-state index contributed by atoms with van der Waals surface area (Å²) in [5, 5.41) is 0.712. The molecule has 0 aliphatic heterocycles. The van der Waals surface area contributed by atoms with Crippen molar-refractivity contribution in [2.45, 2.75) is 34.6 Å². The van der Waals surface area contributed by atoms with Gasteiger partial charge in [-0.25, -0.2) is 4.98 Å². The highest BCUT2D eigenvalue weighted by atomic mass is 32.1. The number of hydrogen-bond acceptors (Lipinski definition) is 3. The van der Waals surface area contributed by atoms with Crippen LogP contribution in [0.5, 0.6) is 0 Å². The Kier molecular flexibility index (Phi) is 3.84. The third-order valence-corrected chi connectivity index (χ3v) is 6.12. The van der Waals surface area contributed by atoms with Gasteiger partial charge < -0.3 is 9.55 Å². The minimum Gasteiger partial charge on any atom is -0.318 e. The molecule has 1 N–H and O–H groups in total. The Hall–Kier alpha value is -2.66. The van der Waals surface area contributed by atoms with Gasteiger partial charge in [-0.1, -0.05) is 17.7 Å². The predicted molar refractivity (Wildman–Crippen MR) is 109 cm³/mol. The number of aromatic nitrogens is 3. The quantitative estimate of drug-likeness (QED) is 0.546. The normalized spacial score (nSPS) is 11.4. The van der Waals surface area contributed by atoms with Crippen LogP contribution in [0.2, 0.25) is 0 Å². The van der Waals surface area contributed by atoms with E-state index in [0.717, 1.165) is 37.9 Å². The van der Waals surface area contributed by atoms with Crippen LogP contribution < -0.4 is 5.56 Å². The number of aryl methyl sites for hydroxylation is 4. The van der Waals surface area contributed by atoms with Crippen molar-refractivity contribution < 1.29 is 0 Å². The molecule has 0 aliphatic rings. The van der Waals surface area contributed by atoms with Gasteiger partial charge in [-0.15, -0.1) is 11.3 Å². The van der Waals surface area contributed by atoms with Gasteiger partial charge in [0.2, 0.25) is 0 Å². The molecule has 132 valence electrons. The van der Waals surface area contributed by atoms with E-state index in [4.69, 9.17) is 4.98 Å². The van der Waals surface area contributed by atoms with Crippen molar-refractivity contribution in [3.05, 3.63) is 68.1 Å². The Morgan fingerprint density at radius 2 is 1.73 bits per heavy atom. The minimum atomic E-state index is -0.0630. The third kappa shape index (κ3) is 2.51. The van der Waals surface area contributed by atoms with Crippen LogP contribution in [0.4, 0.5) is 0 Å². The Morgan fingerprint density at radius 1 is 1.04 bits per heavy atom. The second-order valence-electron chi connectivity index (χ2n) is 6.83. The lowest BCUT2D eigenvalue weighted by Gasteiger charge is -2.10. The van der Waals surface area contributed by atoms with Crippen LogP contribution in [0.15, 0.2) is 35.1 Å². The fraction of sp³-hybridized carbons (Fsp3) is 0.238. The maximum atomic E-state index is 12.6. The van der Waals surface area contributed by atoms with Gasteiger partial charge >= 0.3 is 0 Å². The topological polar surface area (TPSA) is 50.7 Å². The van der Waals surface area contributed by atoms with Crippen LogP contribution in [0.1, 0.15) is 27.4 Å². The zero-order chi connectivity index (χ0) is 18.6. The lowest BCUT2D eigenvalue weighted by atomic mass is 10.2. The lowest BCUT2D eigenvalue weighted by Crippen LogP contribution is -2.09. The monoisotopic (exact) mass is 363 g/mol. The average Bonchev–Trinajstić information content (AvgIpc) is 3.05. The Balaban J connectivity index is 1.92. The van der Waals surface area contributed by atoms with E-state index in [1.165, 1.54) is 5.56 Å². The van der Waals surface area contributed by atoms with Gasteiger partial charge in [-0.3, -0.25) is 4.79 Å². The van der Waals surface area contributed by atoms with Crippen LogP contribution >= 0.6 is 11.3 Å². The molecule has 4 rings (SSSR count). The number of fused-ring (bicyclic) bond motifs is 1. The SMILES string of the molecule is Cc1ccc(-n2c(C)cc(-c3nc4sc(C)c(C)c4c(=O)[nH]3)c2C)cc1. The maximum Gasteiger partial charge on any atom is 0.260 e. The Bertz CT molecular complexity index is 1190. The largest absolute Gasteiger partial charge is 0.318 e. The molecule has 4 nitrogen and oxygen atoms in total. The molecular formula is C21H21N3OS. The van der Waals surface area contributed by atoms with Gasteiger partial charge in [0.25, 0.3) is 5.56 Å². The van der Waals surface area contributed by atoms with Crippen LogP contribution in [-0.2, 0) is 0 Å². The smallest absolute Gasteiger partial charge is 0.260 e. The summed E-state index contributed by atoms with van der Waals surface area (Å²) < 4.78 is 2.20. The molecule has 5 heteroatoms. The van der Waals surface area contributed by atoms with Gasteiger partial charge in [0.1, 0.15) is 10.7 Å². The molecule has 1 aromatic carbocycles. The van der Waals surface area contributed by atoms with E-state index in [1.807, 2.05) is 13.8 Å². The molecule has 26 heavy (non-hydrogen) atoms. The summed E-state index contributed by atoms with van der Waals surface area (Å²) in [4.78, 5) is 22.3. The van der Waals surface area contributed by atoms with Crippen LogP contribution in [0.3, 0.4) is 0 Å². The van der Waals surface area contributed by atoms with E-state index in [0.29, 0.717) is 11.2 Å². The van der Waals surface area contributed by atoms with E-state index in [1.54, 1.807) is 11.3 Å². The summed E-state index contributed by atoms with van der Waals surface area (Å²) in [6.45, 7) is 10.2. The minimum absolute atomic E-state index is 0.0630. The number of nitrogens with zero attached hydrogens (tertiary/aromatic N) is 2. The average molecular weight is 363 g/mol. The van der Waals surface area contributed by atoms with E-state index >= 15 is 0 Å². The number of H-pyrrole nitrogens is 1. The Labute approximate surface area is 156 Å². The number of benzene rings is 1. The number of rotatable bonds is 2. The third-order valence-electron chi connectivity index (χ3n) is 5.02. The van der Waals surface area contributed by atoms with E-state index in [2.05, 4.69) is 60.7 Å². The van der Waals surface area contributed by atoms with Gasteiger partial charge in [0.15, 0.2) is 0 Å². The summed E-state index contributed by atoms with van der Waals surface area (Å²) >= 11 is 1.58. The fourth-order valence-electron chi connectivity index (χ4n) is 3.48. The fourth-order valence-corrected chi connectivity index (χ4v) is 4.51. The first-order chi connectivity index (χ1) is 12.4. The van der Waals surface area contributed by atoms with E-state index in [-0.39, 0.29) is 5.56 Å². The molecule has 0 fully saturated rings. The first-order valence-corrected chi connectivity index (χ1v) is 9.45. The number of aromatic amines is 1. The van der Waals surface area contributed by atoms with Crippen molar-refractivity contribution >= 4 is 21.6 Å². The summed E-state index contributed by atoms with van der Waals surface area (Å²) in [6, 6.07) is 10.5. The number of thiophene rings is 1. The van der Waals surface area contributed by atoms with Crippen LogP contribution in [0, 0.1) is 34.6 Å². The molecule has 0 aliphatic carbocycles. The first-order valence-electron chi connectivity index (χ1n) is 8.63. The molecule has 0 saturated carbocycles. The van der Waals surface area contributed by atoms with Crippen molar-refractivity contribution in [1.29, 1.82) is 0 Å². The molecule has 0 amide bonds. The molecule has 0 atom stereocenters. The summed E-state index contributed by atoms with van der Waals surface area (Å²) in [6.07, 6.45) is 0. The van der Waals surface area contributed by atoms with Crippen molar-refractivity contribution in [1.82, 2.24) is 14.5 Å². The summed E-state index contributed by atoms with van der Waals surface area (Å²) in [7, 11) is 0. The zero-order valence-electron chi connectivity index (χ0n) is 15.6.